The molecule has 0 aromatic heterocycles. The quantitative estimate of drug-likeness (QED) is 0.424. The molecule has 0 saturated carbocycles. The summed E-state index contributed by atoms with van der Waals surface area (Å²) in [5, 5.41) is 3.36. The number of methoxy groups -OCH3 is 1. The molecule has 1 N–H and O–H groups in total. The summed E-state index contributed by atoms with van der Waals surface area (Å²) in [5.41, 5.74) is 1.22. The van der Waals surface area contributed by atoms with Gasteiger partial charge in [-0.2, -0.15) is 0 Å². The van der Waals surface area contributed by atoms with Crippen molar-refractivity contribution in [2.24, 2.45) is 5.92 Å². The molecule has 0 spiro atoms. The molecule has 1 aliphatic rings. The molecule has 1 aliphatic heterocycles. The van der Waals surface area contributed by atoms with E-state index in [1.807, 2.05) is 0 Å². The van der Waals surface area contributed by atoms with Gasteiger partial charge in [-0.3, -0.25) is 9.69 Å². The Bertz CT molecular complexity index is 271. The summed E-state index contributed by atoms with van der Waals surface area (Å²) >= 11 is 0. The van der Waals surface area contributed by atoms with Gasteiger partial charge in [0.05, 0.1) is 13.0 Å². The summed E-state index contributed by atoms with van der Waals surface area (Å²) < 4.78 is 4.79. The number of nitrogens with one attached hydrogen (secondary N) is 1. The zero-order valence-corrected chi connectivity index (χ0v) is 11.7. The van der Waals surface area contributed by atoms with Crippen LogP contribution in [0.15, 0.2) is 12.2 Å². The number of carbonyl (C=O) groups excluding carboxylic acids is 1. The highest BCUT2D eigenvalue weighted by Gasteiger charge is 2.25. The maximum absolute atomic E-state index is 11.4. The minimum atomic E-state index is -0.0573. The van der Waals surface area contributed by atoms with Crippen molar-refractivity contribution >= 4 is 5.97 Å². The van der Waals surface area contributed by atoms with Crippen molar-refractivity contribution in [1.29, 1.82) is 0 Å². The fraction of sp³-hybridized carbons (Fsp3) is 0.786. The van der Waals surface area contributed by atoms with Crippen molar-refractivity contribution in [2.45, 2.75) is 26.2 Å². The molecule has 1 heterocycles. The lowest BCUT2D eigenvalue weighted by molar-refractivity contribution is -0.147. The number of esters is 1. The predicted molar refractivity (Wildman–Crippen MR) is 73.5 cm³/mol. The molecule has 4 heteroatoms. The Morgan fingerprint density at radius 2 is 2.11 bits per heavy atom. The van der Waals surface area contributed by atoms with Gasteiger partial charge in [0, 0.05) is 13.1 Å². The van der Waals surface area contributed by atoms with Crippen LogP contribution in [-0.2, 0) is 9.53 Å². The fourth-order valence-corrected chi connectivity index (χ4v) is 2.31. The molecule has 4 nitrogen and oxygen atoms in total. The van der Waals surface area contributed by atoms with Crippen LogP contribution >= 0.6 is 0 Å². The molecule has 1 fully saturated rings. The third-order valence-corrected chi connectivity index (χ3v) is 3.37. The van der Waals surface area contributed by atoms with Crippen LogP contribution in [0.3, 0.4) is 0 Å². The van der Waals surface area contributed by atoms with Gasteiger partial charge in [-0.1, -0.05) is 13.5 Å². The Morgan fingerprint density at radius 1 is 1.44 bits per heavy atom. The van der Waals surface area contributed by atoms with Crippen molar-refractivity contribution in [1.82, 2.24) is 10.2 Å². The van der Waals surface area contributed by atoms with Crippen molar-refractivity contribution in [2.75, 3.05) is 39.8 Å². The molecule has 0 aromatic carbocycles. The zero-order chi connectivity index (χ0) is 13.4. The van der Waals surface area contributed by atoms with Crippen LogP contribution in [-0.4, -0.2) is 50.7 Å². The fourth-order valence-electron chi connectivity index (χ4n) is 2.31. The Hall–Kier alpha value is -0.870. The van der Waals surface area contributed by atoms with E-state index in [4.69, 9.17) is 4.74 Å². The predicted octanol–water partition coefficient (Wildman–Crippen LogP) is 1.43. The molecule has 0 amide bonds. The molecule has 0 bridgehead atoms. The van der Waals surface area contributed by atoms with Gasteiger partial charge in [0.15, 0.2) is 0 Å². The second kappa shape index (κ2) is 8.27. The largest absolute Gasteiger partial charge is 0.469 e. The first-order valence-electron chi connectivity index (χ1n) is 6.85. The van der Waals surface area contributed by atoms with Crippen LogP contribution in [0.5, 0.6) is 0 Å². The lowest BCUT2D eigenvalue weighted by Crippen LogP contribution is -2.38. The summed E-state index contributed by atoms with van der Waals surface area (Å²) in [4.78, 5) is 13.8. The second-order valence-corrected chi connectivity index (χ2v) is 5.00. The van der Waals surface area contributed by atoms with Crippen LogP contribution in [0.1, 0.15) is 26.2 Å². The molecule has 0 unspecified atom stereocenters. The third kappa shape index (κ3) is 5.19. The average molecular weight is 254 g/mol. The minimum Gasteiger partial charge on any atom is -0.469 e. The Balaban J connectivity index is 2.18. The number of hydrogen-bond acceptors (Lipinski definition) is 4. The number of nitrogens with zero attached hydrogens (tertiary/aromatic N) is 1. The Labute approximate surface area is 110 Å². The molecule has 0 atom stereocenters. The van der Waals surface area contributed by atoms with Crippen LogP contribution in [0.25, 0.3) is 0 Å². The molecule has 104 valence electrons. The van der Waals surface area contributed by atoms with Gasteiger partial charge in [0.25, 0.3) is 0 Å². The molecule has 0 radical (unpaired) electrons. The summed E-state index contributed by atoms with van der Waals surface area (Å²) in [6, 6.07) is 0. The smallest absolute Gasteiger partial charge is 0.308 e. The number of likely N-dealkylation sites (tertiary alicyclic amines) is 1. The van der Waals surface area contributed by atoms with E-state index in [0.717, 1.165) is 52.0 Å². The SMILES string of the molecule is C=C(CNCCC)CN1CCC(C(=O)OC)CC1. The van der Waals surface area contributed by atoms with Gasteiger partial charge < -0.3 is 10.1 Å². The van der Waals surface area contributed by atoms with Crippen molar-refractivity contribution in [3.63, 3.8) is 0 Å². The van der Waals surface area contributed by atoms with Gasteiger partial charge >= 0.3 is 5.97 Å². The molecule has 0 aliphatic carbocycles. The summed E-state index contributed by atoms with van der Waals surface area (Å²) in [7, 11) is 1.47. The zero-order valence-electron chi connectivity index (χ0n) is 11.7. The number of carbonyl (C=O) groups is 1. The maximum Gasteiger partial charge on any atom is 0.308 e. The molecule has 0 aromatic rings. The number of piperidine rings is 1. The number of hydrogen-bond donors (Lipinski definition) is 1. The Morgan fingerprint density at radius 3 is 2.67 bits per heavy atom. The lowest BCUT2D eigenvalue weighted by atomic mass is 9.97. The van der Waals surface area contributed by atoms with Crippen molar-refractivity contribution < 1.29 is 9.53 Å². The molecule has 1 rings (SSSR count). The summed E-state index contributed by atoms with van der Waals surface area (Å²) in [6.45, 7) is 11.1. The monoisotopic (exact) mass is 254 g/mol. The normalized spacial score (nSPS) is 17.7. The first-order valence-corrected chi connectivity index (χ1v) is 6.85. The van der Waals surface area contributed by atoms with Gasteiger partial charge in [0.2, 0.25) is 0 Å². The van der Waals surface area contributed by atoms with E-state index in [9.17, 15) is 4.79 Å². The molecular formula is C14H26N2O2. The third-order valence-electron chi connectivity index (χ3n) is 3.37. The van der Waals surface area contributed by atoms with Crippen molar-refractivity contribution in [3.05, 3.63) is 12.2 Å². The van der Waals surface area contributed by atoms with Gasteiger partial charge in [-0.15, -0.1) is 0 Å². The highest BCUT2D eigenvalue weighted by Crippen LogP contribution is 2.18. The lowest BCUT2D eigenvalue weighted by Gasteiger charge is -2.31. The summed E-state index contributed by atoms with van der Waals surface area (Å²) in [6.07, 6.45) is 2.96. The maximum atomic E-state index is 11.4. The highest BCUT2D eigenvalue weighted by atomic mass is 16.5. The van der Waals surface area contributed by atoms with E-state index in [0.29, 0.717) is 0 Å². The molecular weight excluding hydrogens is 228 g/mol. The first kappa shape index (κ1) is 15.2. The van der Waals surface area contributed by atoms with Gasteiger partial charge in [0.1, 0.15) is 0 Å². The number of ether oxygens (including phenoxy) is 1. The Kier molecular flexibility index (Phi) is 6.98. The summed E-state index contributed by atoms with van der Waals surface area (Å²) in [5.74, 6) is 0.0378. The van der Waals surface area contributed by atoms with Crippen molar-refractivity contribution in [3.8, 4) is 0 Å². The second-order valence-electron chi connectivity index (χ2n) is 5.00. The number of rotatable bonds is 7. The van der Waals surface area contributed by atoms with Crippen LogP contribution < -0.4 is 5.32 Å². The minimum absolute atomic E-state index is 0.0573. The van der Waals surface area contributed by atoms with E-state index < -0.39 is 0 Å². The van der Waals surface area contributed by atoms with Crippen LogP contribution in [0.4, 0.5) is 0 Å². The van der Waals surface area contributed by atoms with E-state index >= 15 is 0 Å². The first-order chi connectivity index (χ1) is 8.67. The van der Waals surface area contributed by atoms with E-state index in [1.54, 1.807) is 0 Å². The van der Waals surface area contributed by atoms with E-state index in [1.165, 1.54) is 12.7 Å². The van der Waals surface area contributed by atoms with E-state index in [-0.39, 0.29) is 11.9 Å². The van der Waals surface area contributed by atoms with Gasteiger partial charge in [-0.05, 0) is 44.5 Å². The molecule has 18 heavy (non-hydrogen) atoms. The van der Waals surface area contributed by atoms with Gasteiger partial charge in [-0.25, -0.2) is 0 Å². The highest BCUT2D eigenvalue weighted by molar-refractivity contribution is 5.72. The van der Waals surface area contributed by atoms with Crippen LogP contribution in [0, 0.1) is 5.92 Å². The van der Waals surface area contributed by atoms with Crippen LogP contribution in [0.2, 0.25) is 0 Å². The average Bonchev–Trinajstić information content (AvgIpc) is 2.39. The standard InChI is InChI=1S/C14H26N2O2/c1-4-7-15-10-12(2)11-16-8-5-13(6-9-16)14(17)18-3/h13,15H,2,4-11H2,1,3H3. The van der Waals surface area contributed by atoms with E-state index in [2.05, 4.69) is 23.7 Å². The topological polar surface area (TPSA) is 41.6 Å². The molecule has 1 saturated heterocycles.